The lowest BCUT2D eigenvalue weighted by atomic mass is 10.0. The second-order valence-corrected chi connectivity index (χ2v) is 4.50. The zero-order valence-corrected chi connectivity index (χ0v) is 9.60. The van der Waals surface area contributed by atoms with Crippen LogP contribution in [-0.4, -0.2) is 12.6 Å². The largest absolute Gasteiger partial charge is 0.416 e. The second-order valence-electron chi connectivity index (χ2n) is 4.50. The number of nitrogens with two attached hydrogens (primary N) is 1. The first-order chi connectivity index (χ1) is 8.40. The third-order valence-electron chi connectivity index (χ3n) is 2.90. The summed E-state index contributed by atoms with van der Waals surface area (Å²) < 4.78 is 51.0. The summed E-state index contributed by atoms with van der Waals surface area (Å²) in [4.78, 5) is 0. The molecule has 2 rings (SSSR count). The highest BCUT2D eigenvalue weighted by Gasteiger charge is 2.32. The van der Waals surface area contributed by atoms with E-state index in [4.69, 9.17) is 5.73 Å². The van der Waals surface area contributed by atoms with E-state index in [1.807, 2.05) is 0 Å². The quantitative estimate of drug-likeness (QED) is 0.818. The highest BCUT2D eigenvalue weighted by molar-refractivity contribution is 5.29. The van der Waals surface area contributed by atoms with Gasteiger partial charge < -0.3 is 11.1 Å². The molecule has 0 aromatic heterocycles. The lowest BCUT2D eigenvalue weighted by Crippen LogP contribution is -2.30. The lowest BCUT2D eigenvalue weighted by Gasteiger charge is -2.18. The summed E-state index contributed by atoms with van der Waals surface area (Å²) in [5.41, 5.74) is 4.79. The molecule has 0 spiro atoms. The van der Waals surface area contributed by atoms with Crippen LogP contribution in [0.4, 0.5) is 17.6 Å². The zero-order chi connectivity index (χ0) is 13.3. The highest BCUT2D eigenvalue weighted by Crippen LogP contribution is 2.32. The molecule has 1 aromatic rings. The molecule has 0 bridgehead atoms. The molecule has 3 N–H and O–H groups in total. The Balaban J connectivity index is 2.27. The van der Waals surface area contributed by atoms with E-state index in [9.17, 15) is 17.6 Å². The first-order valence-corrected chi connectivity index (χ1v) is 5.74. The molecule has 1 aliphatic rings. The van der Waals surface area contributed by atoms with Crippen molar-refractivity contribution in [3.05, 3.63) is 35.1 Å². The van der Waals surface area contributed by atoms with Crippen molar-refractivity contribution in [3.8, 4) is 0 Å². The van der Waals surface area contributed by atoms with Gasteiger partial charge in [0.15, 0.2) is 0 Å². The SMILES string of the molecule is NCC(NC1CC1)c1cc(F)cc(C(F)(F)F)c1. The number of hydrogen-bond acceptors (Lipinski definition) is 2. The molecule has 100 valence electrons. The van der Waals surface area contributed by atoms with Crippen molar-refractivity contribution in [2.75, 3.05) is 6.54 Å². The van der Waals surface area contributed by atoms with Gasteiger partial charge in [-0.05, 0) is 36.6 Å². The van der Waals surface area contributed by atoms with Crippen LogP contribution < -0.4 is 11.1 Å². The van der Waals surface area contributed by atoms with Gasteiger partial charge in [0.05, 0.1) is 5.56 Å². The van der Waals surface area contributed by atoms with E-state index in [0.717, 1.165) is 25.0 Å². The van der Waals surface area contributed by atoms with Crippen LogP contribution in [0.2, 0.25) is 0 Å². The van der Waals surface area contributed by atoms with Gasteiger partial charge in [-0.3, -0.25) is 0 Å². The van der Waals surface area contributed by atoms with Crippen LogP contribution >= 0.6 is 0 Å². The van der Waals surface area contributed by atoms with Crippen LogP contribution in [0.1, 0.15) is 30.0 Å². The molecule has 18 heavy (non-hydrogen) atoms. The van der Waals surface area contributed by atoms with Crippen molar-refractivity contribution in [1.82, 2.24) is 5.32 Å². The number of benzene rings is 1. The third-order valence-corrected chi connectivity index (χ3v) is 2.90. The molecular weight excluding hydrogens is 248 g/mol. The molecule has 1 atom stereocenters. The van der Waals surface area contributed by atoms with E-state index < -0.39 is 23.6 Å². The van der Waals surface area contributed by atoms with Gasteiger partial charge in [0, 0.05) is 18.6 Å². The van der Waals surface area contributed by atoms with E-state index in [1.165, 1.54) is 0 Å². The van der Waals surface area contributed by atoms with Crippen LogP contribution in [0.3, 0.4) is 0 Å². The van der Waals surface area contributed by atoms with Gasteiger partial charge in [-0.15, -0.1) is 0 Å². The normalized spacial score (nSPS) is 17.8. The second kappa shape index (κ2) is 4.85. The summed E-state index contributed by atoms with van der Waals surface area (Å²) in [7, 11) is 0. The van der Waals surface area contributed by atoms with Crippen LogP contribution in [0.25, 0.3) is 0 Å². The van der Waals surface area contributed by atoms with Gasteiger partial charge in [0.2, 0.25) is 0 Å². The van der Waals surface area contributed by atoms with Crippen molar-refractivity contribution < 1.29 is 17.6 Å². The molecule has 6 heteroatoms. The molecular formula is C12H14F4N2. The lowest BCUT2D eigenvalue weighted by molar-refractivity contribution is -0.137. The van der Waals surface area contributed by atoms with Crippen LogP contribution in [0.5, 0.6) is 0 Å². The molecule has 1 aromatic carbocycles. The summed E-state index contributed by atoms with van der Waals surface area (Å²) in [5, 5.41) is 3.10. The highest BCUT2D eigenvalue weighted by atomic mass is 19.4. The van der Waals surface area contributed by atoms with Crippen LogP contribution in [0, 0.1) is 5.82 Å². The van der Waals surface area contributed by atoms with E-state index in [-0.39, 0.29) is 18.2 Å². The molecule has 1 saturated carbocycles. The summed E-state index contributed by atoms with van der Waals surface area (Å²) in [6.07, 6.45) is -2.58. The Kier molecular flexibility index (Phi) is 3.59. The summed E-state index contributed by atoms with van der Waals surface area (Å²) in [5.74, 6) is -0.893. The number of hydrogen-bond donors (Lipinski definition) is 2. The maximum Gasteiger partial charge on any atom is 0.416 e. The minimum atomic E-state index is -4.55. The Hall–Kier alpha value is -1.14. The van der Waals surface area contributed by atoms with Gasteiger partial charge in [-0.25, -0.2) is 4.39 Å². The molecule has 1 fully saturated rings. The third kappa shape index (κ3) is 3.20. The standard InChI is InChI=1S/C12H14F4N2/c13-9-4-7(3-8(5-9)12(14,15)16)11(6-17)18-10-1-2-10/h3-5,10-11,18H,1-2,6,17H2. The average Bonchev–Trinajstić information content (AvgIpc) is 3.07. The fraction of sp³-hybridized carbons (Fsp3) is 0.500. The van der Waals surface area contributed by atoms with Gasteiger partial charge in [0.1, 0.15) is 5.82 Å². The van der Waals surface area contributed by atoms with E-state index in [0.29, 0.717) is 6.07 Å². The Bertz CT molecular complexity index is 427. The van der Waals surface area contributed by atoms with E-state index >= 15 is 0 Å². The van der Waals surface area contributed by atoms with Crippen molar-refractivity contribution in [2.24, 2.45) is 5.73 Å². The number of alkyl halides is 3. The van der Waals surface area contributed by atoms with E-state index in [1.54, 1.807) is 0 Å². The predicted octanol–water partition coefficient (Wildman–Crippen LogP) is 2.60. The van der Waals surface area contributed by atoms with Gasteiger partial charge >= 0.3 is 6.18 Å². The van der Waals surface area contributed by atoms with E-state index in [2.05, 4.69) is 5.32 Å². The Labute approximate surface area is 102 Å². The average molecular weight is 262 g/mol. The number of rotatable bonds is 4. The first-order valence-electron chi connectivity index (χ1n) is 5.74. The van der Waals surface area contributed by atoms with Crippen molar-refractivity contribution >= 4 is 0 Å². The minimum Gasteiger partial charge on any atom is -0.329 e. The molecule has 1 aliphatic carbocycles. The van der Waals surface area contributed by atoms with Crippen LogP contribution in [-0.2, 0) is 6.18 Å². The topological polar surface area (TPSA) is 38.0 Å². The molecule has 0 radical (unpaired) electrons. The summed E-state index contributed by atoms with van der Waals surface area (Å²) >= 11 is 0. The van der Waals surface area contributed by atoms with Gasteiger partial charge in [-0.1, -0.05) is 0 Å². The Morgan fingerprint density at radius 3 is 2.44 bits per heavy atom. The summed E-state index contributed by atoms with van der Waals surface area (Å²) in [6.45, 7) is 0.136. The van der Waals surface area contributed by atoms with Crippen molar-refractivity contribution in [3.63, 3.8) is 0 Å². The molecule has 0 heterocycles. The monoisotopic (exact) mass is 262 g/mol. The fourth-order valence-corrected chi connectivity index (χ4v) is 1.81. The van der Waals surface area contributed by atoms with Crippen molar-refractivity contribution in [2.45, 2.75) is 31.1 Å². The Morgan fingerprint density at radius 2 is 1.94 bits per heavy atom. The zero-order valence-electron chi connectivity index (χ0n) is 9.60. The number of halogens is 4. The smallest absolute Gasteiger partial charge is 0.329 e. The number of nitrogens with one attached hydrogen (secondary N) is 1. The van der Waals surface area contributed by atoms with Crippen molar-refractivity contribution in [1.29, 1.82) is 0 Å². The Morgan fingerprint density at radius 1 is 1.28 bits per heavy atom. The molecule has 0 amide bonds. The molecule has 2 nitrogen and oxygen atoms in total. The maximum absolute atomic E-state index is 13.2. The van der Waals surface area contributed by atoms with Gasteiger partial charge in [-0.2, -0.15) is 13.2 Å². The molecule has 0 saturated heterocycles. The molecule has 1 unspecified atom stereocenters. The predicted molar refractivity (Wildman–Crippen MR) is 59.4 cm³/mol. The fourth-order valence-electron chi connectivity index (χ4n) is 1.81. The molecule has 0 aliphatic heterocycles. The first kappa shape index (κ1) is 13.3. The van der Waals surface area contributed by atoms with Gasteiger partial charge in [0.25, 0.3) is 0 Å². The maximum atomic E-state index is 13.2. The summed E-state index contributed by atoms with van der Waals surface area (Å²) in [6, 6.07) is 2.40. The minimum absolute atomic E-state index is 0.136. The van der Waals surface area contributed by atoms with Crippen LogP contribution in [0.15, 0.2) is 18.2 Å².